The van der Waals surface area contributed by atoms with Gasteiger partial charge in [0.25, 0.3) is 0 Å². The van der Waals surface area contributed by atoms with Crippen molar-refractivity contribution in [1.29, 1.82) is 0 Å². The van der Waals surface area contributed by atoms with Crippen LogP contribution in [0.3, 0.4) is 0 Å². The van der Waals surface area contributed by atoms with Crippen LogP contribution in [-0.2, 0) is 22.9 Å². The molecule has 2 bridgehead atoms. The van der Waals surface area contributed by atoms with Crippen LogP contribution in [0.5, 0.6) is 0 Å². The molecule has 2 heterocycles. The molecular formula is H7B5Na2O10. The summed E-state index contributed by atoms with van der Waals surface area (Å²) < 4.78 is 22.6. The van der Waals surface area contributed by atoms with E-state index in [1.165, 1.54) is 0 Å². The average Bonchev–Trinajstić information content (AvgIpc) is 1.98. The van der Waals surface area contributed by atoms with Gasteiger partial charge in [0.2, 0.25) is 0 Å². The number of rotatable bonds is 0. The quantitative estimate of drug-likeness (QED) is 0.268. The molecule has 2 aliphatic rings. The molecule has 84 valence electrons. The van der Waals surface area contributed by atoms with Crippen LogP contribution < -0.4 is 59.1 Å². The third-order valence-electron chi connectivity index (χ3n) is 1.13. The van der Waals surface area contributed by atoms with Crippen molar-refractivity contribution in [3.05, 3.63) is 0 Å². The molecule has 0 radical (unpaired) electrons. The molecule has 0 aromatic carbocycles. The minimum atomic E-state index is -2.17. The Balaban J connectivity index is -0.000000127. The second kappa shape index (κ2) is 10.7. The Kier molecular flexibility index (Phi) is 13.3. The van der Waals surface area contributed by atoms with Crippen LogP contribution in [0.4, 0.5) is 0 Å². The summed E-state index contributed by atoms with van der Waals surface area (Å²) in [7, 11) is -7.36. The third kappa shape index (κ3) is 9.46. The minimum absolute atomic E-state index is 0. The van der Waals surface area contributed by atoms with Gasteiger partial charge in [-0.15, -0.1) is 0 Å². The smallest absolute Gasteiger partial charge is 1.00 e. The van der Waals surface area contributed by atoms with Crippen molar-refractivity contribution in [2.24, 2.45) is 0 Å². The molecule has 0 amide bonds. The summed E-state index contributed by atoms with van der Waals surface area (Å²) in [5, 5.41) is 39.0. The summed E-state index contributed by atoms with van der Waals surface area (Å²) in [6.07, 6.45) is 0. The molecule has 0 unspecified atom stereocenters. The monoisotopic (exact) mass is 268 g/mol. The largest absolute Gasteiger partial charge is 1.00 e. The van der Waals surface area contributed by atoms with Gasteiger partial charge in [-0.3, -0.25) is 0 Å². The minimum Gasteiger partial charge on any atom is -1.00 e. The van der Waals surface area contributed by atoms with Crippen LogP contribution in [-0.4, -0.2) is 61.7 Å². The molecule has 5 N–H and O–H groups in total. The van der Waals surface area contributed by atoms with Crippen LogP contribution >= 0.6 is 0 Å². The van der Waals surface area contributed by atoms with Crippen LogP contribution in [0.25, 0.3) is 0 Å². The molecule has 10 nitrogen and oxygen atoms in total. The Morgan fingerprint density at radius 2 is 0.941 bits per heavy atom. The van der Waals surface area contributed by atoms with Gasteiger partial charge < -0.3 is 50.8 Å². The van der Waals surface area contributed by atoms with Gasteiger partial charge in [0.05, 0.1) is 0 Å². The molecule has 0 aromatic heterocycles. The standard InChI is InChI=1S/B4H2O7.BH3O3.2Na.2H/c5-1-7-3-9-2(6)10-4(8-1)11-3;2-1(3)4;;;;/h5-6H;2-4H;;;;/q;;2*+1;2*-1. The predicted octanol–water partition coefficient (Wildman–Crippen LogP) is -10.8. The Morgan fingerprint density at radius 1 is 0.706 bits per heavy atom. The number of hydrogen-bond acceptors (Lipinski definition) is 10. The second-order valence-corrected chi connectivity index (χ2v) is 2.22. The van der Waals surface area contributed by atoms with Gasteiger partial charge in [-0.2, -0.15) is 0 Å². The first-order chi connectivity index (χ1) is 6.97. The fraction of sp³-hybridized carbons (Fsp3) is 0. The van der Waals surface area contributed by atoms with Crippen molar-refractivity contribution >= 4 is 36.6 Å². The van der Waals surface area contributed by atoms with E-state index in [1.807, 2.05) is 0 Å². The Labute approximate surface area is 145 Å². The zero-order valence-electron chi connectivity index (χ0n) is 11.2. The fourth-order valence-electron chi connectivity index (χ4n) is 0.728. The van der Waals surface area contributed by atoms with Gasteiger partial charge >= 0.3 is 95.7 Å². The fourth-order valence-corrected chi connectivity index (χ4v) is 0.728. The van der Waals surface area contributed by atoms with E-state index >= 15 is 0 Å². The van der Waals surface area contributed by atoms with Gasteiger partial charge in [-0.1, -0.05) is 0 Å². The summed E-state index contributed by atoms with van der Waals surface area (Å²) in [4.78, 5) is 0. The Bertz CT molecular complexity index is 166. The number of fused-ring (bicyclic) bond motifs is 2. The molecule has 2 aliphatic heterocycles. The first-order valence-electron chi connectivity index (χ1n) is 3.65. The van der Waals surface area contributed by atoms with E-state index in [2.05, 4.69) is 22.9 Å². The molecule has 0 aromatic rings. The average molecular weight is 267 g/mol. The molecule has 2 saturated heterocycles. The van der Waals surface area contributed by atoms with Crippen molar-refractivity contribution in [3.8, 4) is 0 Å². The van der Waals surface area contributed by atoms with E-state index < -0.39 is 36.6 Å². The van der Waals surface area contributed by atoms with Gasteiger partial charge in [-0.25, -0.2) is 0 Å². The summed E-state index contributed by atoms with van der Waals surface area (Å²) in [5.41, 5.74) is 0. The maximum absolute atomic E-state index is 8.74. The SMILES string of the molecule is OB(O)O.OB1OB2OB(O)OB(O1)O2.[H-].[H-].[Na+].[Na+]. The van der Waals surface area contributed by atoms with E-state index in [9.17, 15) is 0 Å². The summed E-state index contributed by atoms with van der Waals surface area (Å²) in [5.74, 6) is 0. The molecule has 17 heavy (non-hydrogen) atoms. The number of hydrogen-bond donors (Lipinski definition) is 5. The van der Waals surface area contributed by atoms with Crippen LogP contribution in [0, 0.1) is 0 Å². The molecule has 0 spiro atoms. The van der Waals surface area contributed by atoms with E-state index in [1.54, 1.807) is 0 Å². The maximum Gasteiger partial charge on any atom is 1.00 e. The third-order valence-corrected chi connectivity index (χ3v) is 1.13. The van der Waals surface area contributed by atoms with Gasteiger partial charge in [0.15, 0.2) is 0 Å². The van der Waals surface area contributed by atoms with Crippen LogP contribution in [0.15, 0.2) is 0 Å². The molecule has 0 saturated carbocycles. The first kappa shape index (κ1) is 21.2. The van der Waals surface area contributed by atoms with E-state index in [0.29, 0.717) is 0 Å². The topological polar surface area (TPSA) is 147 Å². The summed E-state index contributed by atoms with van der Waals surface area (Å²) in [6, 6.07) is 0. The molecule has 2 rings (SSSR count). The molecule has 17 heteroatoms. The van der Waals surface area contributed by atoms with Gasteiger partial charge in [0, 0.05) is 0 Å². The summed E-state index contributed by atoms with van der Waals surface area (Å²) >= 11 is 0. The van der Waals surface area contributed by atoms with Crippen LogP contribution in [0.1, 0.15) is 2.85 Å². The van der Waals surface area contributed by atoms with Crippen molar-refractivity contribution in [3.63, 3.8) is 0 Å². The second-order valence-electron chi connectivity index (χ2n) is 2.22. The molecular weight excluding hydrogens is 260 g/mol. The Morgan fingerprint density at radius 3 is 1.18 bits per heavy atom. The zero-order valence-corrected chi connectivity index (χ0v) is 13.2. The van der Waals surface area contributed by atoms with E-state index in [4.69, 9.17) is 25.1 Å². The normalized spacial score (nSPS) is 17.5. The van der Waals surface area contributed by atoms with Gasteiger partial charge in [0.1, 0.15) is 0 Å². The van der Waals surface area contributed by atoms with Crippen LogP contribution in [0.2, 0.25) is 0 Å². The Hall–Kier alpha value is 1.92. The van der Waals surface area contributed by atoms with Gasteiger partial charge in [-0.05, 0) is 0 Å². The van der Waals surface area contributed by atoms with Crippen molar-refractivity contribution < 1.29 is 110 Å². The predicted molar refractivity (Wildman–Crippen MR) is 47.5 cm³/mol. The van der Waals surface area contributed by atoms with Crippen molar-refractivity contribution in [2.45, 2.75) is 0 Å². The molecule has 0 atom stereocenters. The van der Waals surface area contributed by atoms with Crippen molar-refractivity contribution in [1.82, 2.24) is 0 Å². The van der Waals surface area contributed by atoms with Crippen molar-refractivity contribution in [2.75, 3.05) is 0 Å². The maximum atomic E-state index is 8.74. The van der Waals surface area contributed by atoms with E-state index in [0.717, 1.165) is 0 Å². The molecule has 2 fully saturated rings. The molecule has 0 aliphatic carbocycles. The van der Waals surface area contributed by atoms with E-state index in [-0.39, 0.29) is 62.0 Å². The zero-order chi connectivity index (χ0) is 11.4. The first-order valence-corrected chi connectivity index (χ1v) is 3.65. The summed E-state index contributed by atoms with van der Waals surface area (Å²) in [6.45, 7) is 0.